The van der Waals surface area contributed by atoms with Crippen molar-refractivity contribution in [1.29, 1.82) is 0 Å². The minimum atomic E-state index is -0.490. The molecule has 1 heterocycles. The first-order valence-electron chi connectivity index (χ1n) is 6.71. The fourth-order valence-electron chi connectivity index (χ4n) is 2.02. The van der Waals surface area contributed by atoms with E-state index in [1.165, 1.54) is 12.1 Å². The van der Waals surface area contributed by atoms with E-state index in [9.17, 15) is 10.1 Å². The lowest BCUT2D eigenvalue weighted by Crippen LogP contribution is -2.48. The molecule has 1 aromatic rings. The Kier molecular flexibility index (Phi) is 4.69. The minimum Gasteiger partial charge on any atom is -0.349 e. The van der Waals surface area contributed by atoms with Crippen LogP contribution in [-0.4, -0.2) is 36.5 Å². The fourth-order valence-corrected chi connectivity index (χ4v) is 2.02. The molecule has 6 nitrogen and oxygen atoms in total. The highest BCUT2D eigenvalue weighted by molar-refractivity contribution is 5.32. The van der Waals surface area contributed by atoms with Crippen LogP contribution in [0.3, 0.4) is 0 Å². The first kappa shape index (κ1) is 14.9. The molecule has 1 aromatic carbocycles. The van der Waals surface area contributed by atoms with Crippen LogP contribution in [-0.2, 0) is 15.9 Å². The van der Waals surface area contributed by atoms with Crippen molar-refractivity contribution in [3.8, 4) is 0 Å². The topological polar surface area (TPSA) is 73.6 Å². The Bertz CT molecular complexity index is 449. The zero-order chi connectivity index (χ0) is 14.6. The number of nitro benzene ring substituents is 1. The van der Waals surface area contributed by atoms with Gasteiger partial charge in [-0.1, -0.05) is 12.1 Å². The first-order valence-corrected chi connectivity index (χ1v) is 6.71. The third kappa shape index (κ3) is 4.26. The Morgan fingerprint density at radius 3 is 2.45 bits per heavy atom. The van der Waals surface area contributed by atoms with E-state index in [1.807, 2.05) is 13.8 Å². The molecule has 1 aliphatic rings. The minimum absolute atomic E-state index is 0.123. The van der Waals surface area contributed by atoms with Gasteiger partial charge < -0.3 is 14.8 Å². The molecule has 2 rings (SSSR count). The predicted molar refractivity (Wildman–Crippen MR) is 74.6 cm³/mol. The number of hydrogen-bond donors (Lipinski definition) is 1. The molecule has 20 heavy (non-hydrogen) atoms. The zero-order valence-corrected chi connectivity index (χ0v) is 11.8. The zero-order valence-electron chi connectivity index (χ0n) is 11.8. The molecule has 0 atom stereocenters. The third-order valence-corrected chi connectivity index (χ3v) is 3.26. The van der Waals surface area contributed by atoms with Gasteiger partial charge in [-0.15, -0.1) is 0 Å². The van der Waals surface area contributed by atoms with E-state index in [2.05, 4.69) is 5.32 Å². The molecule has 0 aliphatic carbocycles. The van der Waals surface area contributed by atoms with Crippen molar-refractivity contribution in [2.75, 3.05) is 19.8 Å². The van der Waals surface area contributed by atoms with E-state index in [0.717, 1.165) is 18.5 Å². The molecule has 0 amide bonds. The lowest BCUT2D eigenvalue weighted by Gasteiger charge is -2.35. The number of rotatable bonds is 5. The van der Waals surface area contributed by atoms with Gasteiger partial charge in [-0.05, 0) is 32.4 Å². The second-order valence-electron chi connectivity index (χ2n) is 5.35. The van der Waals surface area contributed by atoms with Crippen LogP contribution in [0.15, 0.2) is 24.3 Å². The van der Waals surface area contributed by atoms with E-state index in [1.54, 1.807) is 12.1 Å². The standard InChI is InChI=1S/C14H20N2O4/c1-14(2)19-9-12(10-20-14)15-8-7-11-3-5-13(6-4-11)16(17)18/h3-6,12,15H,7-10H2,1-2H3. The van der Waals surface area contributed by atoms with E-state index in [0.29, 0.717) is 13.2 Å². The van der Waals surface area contributed by atoms with Crippen molar-refractivity contribution in [1.82, 2.24) is 5.32 Å². The molecule has 0 saturated carbocycles. The summed E-state index contributed by atoms with van der Waals surface area (Å²) in [5.41, 5.74) is 1.19. The number of benzene rings is 1. The normalized spacial score (nSPS) is 18.9. The Morgan fingerprint density at radius 1 is 1.30 bits per heavy atom. The molecule has 1 saturated heterocycles. The summed E-state index contributed by atoms with van der Waals surface area (Å²) in [5.74, 6) is -0.490. The average molecular weight is 280 g/mol. The van der Waals surface area contributed by atoms with E-state index < -0.39 is 5.79 Å². The average Bonchev–Trinajstić information content (AvgIpc) is 2.41. The maximum absolute atomic E-state index is 10.6. The number of hydrogen-bond acceptors (Lipinski definition) is 5. The van der Waals surface area contributed by atoms with Gasteiger partial charge in [0.2, 0.25) is 0 Å². The highest BCUT2D eigenvalue weighted by Crippen LogP contribution is 2.17. The summed E-state index contributed by atoms with van der Waals surface area (Å²) >= 11 is 0. The Balaban J connectivity index is 1.72. The summed E-state index contributed by atoms with van der Waals surface area (Å²) in [6.07, 6.45) is 0.817. The summed E-state index contributed by atoms with van der Waals surface area (Å²) in [6.45, 7) is 5.86. The fraction of sp³-hybridized carbons (Fsp3) is 0.571. The molecule has 1 fully saturated rings. The molecule has 110 valence electrons. The van der Waals surface area contributed by atoms with E-state index in [-0.39, 0.29) is 16.7 Å². The second kappa shape index (κ2) is 6.30. The van der Waals surface area contributed by atoms with Gasteiger partial charge in [0, 0.05) is 12.1 Å². The quantitative estimate of drug-likeness (QED) is 0.658. The lowest BCUT2D eigenvalue weighted by molar-refractivity contribution is -0.384. The molecule has 6 heteroatoms. The monoisotopic (exact) mass is 280 g/mol. The van der Waals surface area contributed by atoms with Crippen LogP contribution in [0.25, 0.3) is 0 Å². The molecule has 0 bridgehead atoms. The van der Waals surface area contributed by atoms with Crippen LogP contribution >= 0.6 is 0 Å². The molecule has 0 aromatic heterocycles. The lowest BCUT2D eigenvalue weighted by atomic mass is 10.1. The Labute approximate surface area is 118 Å². The van der Waals surface area contributed by atoms with Crippen LogP contribution in [0.5, 0.6) is 0 Å². The van der Waals surface area contributed by atoms with Gasteiger partial charge in [0.05, 0.1) is 24.2 Å². The van der Waals surface area contributed by atoms with Crippen molar-refractivity contribution >= 4 is 5.69 Å². The maximum atomic E-state index is 10.6. The largest absolute Gasteiger partial charge is 0.349 e. The van der Waals surface area contributed by atoms with Crippen LogP contribution in [0.1, 0.15) is 19.4 Å². The molecule has 0 radical (unpaired) electrons. The summed E-state index contributed by atoms with van der Waals surface area (Å²) in [6, 6.07) is 6.84. The van der Waals surface area contributed by atoms with E-state index >= 15 is 0 Å². The number of nitro groups is 1. The Hall–Kier alpha value is -1.50. The SMILES string of the molecule is CC1(C)OCC(NCCc2ccc([N+](=O)[O-])cc2)CO1. The van der Waals surface area contributed by atoms with Crippen LogP contribution in [0, 0.1) is 10.1 Å². The van der Waals surface area contributed by atoms with Crippen LogP contribution in [0.2, 0.25) is 0 Å². The smallest absolute Gasteiger partial charge is 0.269 e. The van der Waals surface area contributed by atoms with Crippen LogP contribution < -0.4 is 5.32 Å². The highest BCUT2D eigenvalue weighted by Gasteiger charge is 2.27. The number of nitrogens with zero attached hydrogens (tertiary/aromatic N) is 1. The predicted octanol–water partition coefficient (Wildman–Crippen LogP) is 1.88. The van der Waals surface area contributed by atoms with Gasteiger partial charge in [0.1, 0.15) is 0 Å². The van der Waals surface area contributed by atoms with Crippen molar-refractivity contribution in [3.63, 3.8) is 0 Å². The molecule has 1 aliphatic heterocycles. The number of nitrogens with one attached hydrogen (secondary N) is 1. The van der Waals surface area contributed by atoms with Crippen LogP contribution in [0.4, 0.5) is 5.69 Å². The van der Waals surface area contributed by atoms with Gasteiger partial charge in [-0.3, -0.25) is 10.1 Å². The van der Waals surface area contributed by atoms with Crippen molar-refractivity contribution in [3.05, 3.63) is 39.9 Å². The second-order valence-corrected chi connectivity index (χ2v) is 5.35. The highest BCUT2D eigenvalue weighted by atomic mass is 16.7. The van der Waals surface area contributed by atoms with Gasteiger partial charge in [0.25, 0.3) is 5.69 Å². The van der Waals surface area contributed by atoms with Crippen molar-refractivity contribution in [2.24, 2.45) is 0 Å². The van der Waals surface area contributed by atoms with Crippen molar-refractivity contribution < 1.29 is 14.4 Å². The summed E-state index contributed by atoms with van der Waals surface area (Å²) in [4.78, 5) is 10.2. The van der Waals surface area contributed by atoms with Crippen molar-refractivity contribution in [2.45, 2.75) is 32.1 Å². The first-order chi connectivity index (χ1) is 9.46. The van der Waals surface area contributed by atoms with E-state index in [4.69, 9.17) is 9.47 Å². The van der Waals surface area contributed by atoms with Gasteiger partial charge >= 0.3 is 0 Å². The molecule has 1 N–H and O–H groups in total. The molecule has 0 spiro atoms. The summed E-state index contributed by atoms with van der Waals surface area (Å²) in [5, 5.41) is 13.9. The summed E-state index contributed by atoms with van der Waals surface area (Å²) < 4.78 is 11.1. The van der Waals surface area contributed by atoms with Gasteiger partial charge in [0.15, 0.2) is 5.79 Å². The number of ether oxygens (including phenoxy) is 2. The maximum Gasteiger partial charge on any atom is 0.269 e. The molecular formula is C14H20N2O4. The molecule has 0 unspecified atom stereocenters. The summed E-state index contributed by atoms with van der Waals surface area (Å²) in [7, 11) is 0. The Morgan fingerprint density at radius 2 is 1.90 bits per heavy atom. The molecular weight excluding hydrogens is 260 g/mol. The van der Waals surface area contributed by atoms with Gasteiger partial charge in [-0.2, -0.15) is 0 Å². The number of non-ortho nitro benzene ring substituents is 1. The third-order valence-electron chi connectivity index (χ3n) is 3.26. The van der Waals surface area contributed by atoms with Gasteiger partial charge in [-0.25, -0.2) is 0 Å².